The molecule has 1 heterocycles. The highest BCUT2D eigenvalue weighted by Crippen LogP contribution is 2.08. The minimum atomic E-state index is -0.179. The van der Waals surface area contributed by atoms with Crippen LogP contribution in [0.1, 0.15) is 22.8 Å². The lowest BCUT2D eigenvalue weighted by Crippen LogP contribution is -2.17. The van der Waals surface area contributed by atoms with E-state index >= 15 is 0 Å². The molecule has 0 amide bonds. The molecule has 0 aliphatic carbocycles. The molecule has 1 aromatic heterocycles. The zero-order chi connectivity index (χ0) is 13.0. The monoisotopic (exact) mass is 237 g/mol. The molecule has 1 aromatic carbocycles. The average Bonchev–Trinajstić information content (AvgIpc) is 2.40. The fourth-order valence-electron chi connectivity index (χ4n) is 1.65. The van der Waals surface area contributed by atoms with Crippen molar-refractivity contribution < 1.29 is 4.79 Å². The Labute approximate surface area is 105 Å². The van der Waals surface area contributed by atoms with Gasteiger partial charge in [0.2, 0.25) is 0 Å². The first-order valence-corrected chi connectivity index (χ1v) is 5.45. The van der Waals surface area contributed by atoms with Crippen LogP contribution in [0.2, 0.25) is 0 Å². The van der Waals surface area contributed by atoms with Gasteiger partial charge in [-0.05, 0) is 31.2 Å². The van der Waals surface area contributed by atoms with E-state index in [1.54, 1.807) is 13.0 Å². The van der Waals surface area contributed by atoms with Crippen LogP contribution in [0.3, 0.4) is 0 Å². The van der Waals surface area contributed by atoms with Crippen molar-refractivity contribution >= 4 is 6.29 Å². The zero-order valence-electron chi connectivity index (χ0n) is 9.88. The van der Waals surface area contributed by atoms with Gasteiger partial charge in [-0.1, -0.05) is 12.0 Å². The van der Waals surface area contributed by atoms with Gasteiger partial charge in [-0.25, -0.2) is 0 Å². The molecule has 0 N–H and O–H groups in total. The van der Waals surface area contributed by atoms with Gasteiger partial charge in [0.15, 0.2) is 6.29 Å². The molecule has 0 radical (unpaired) electrons. The average molecular weight is 237 g/mol. The molecular weight excluding hydrogens is 226 g/mol. The van der Waals surface area contributed by atoms with Crippen molar-refractivity contribution in [3.8, 4) is 17.5 Å². The summed E-state index contributed by atoms with van der Waals surface area (Å²) in [5, 5.41) is 0. The fourth-order valence-corrected chi connectivity index (χ4v) is 1.65. The summed E-state index contributed by atoms with van der Waals surface area (Å²) in [6.07, 6.45) is 2.24. The standard InChI is InChI=1S/C15H11NO2/c1-2-4-12-5-3-6-14(9-12)16-10-13(11-17)7-8-15(16)18/h3,5-11H,1H3. The van der Waals surface area contributed by atoms with Gasteiger partial charge < -0.3 is 0 Å². The molecule has 0 saturated carbocycles. The molecule has 0 atom stereocenters. The smallest absolute Gasteiger partial charge is 0.255 e. The first-order valence-electron chi connectivity index (χ1n) is 5.45. The van der Waals surface area contributed by atoms with Crippen LogP contribution in [0, 0.1) is 11.8 Å². The summed E-state index contributed by atoms with van der Waals surface area (Å²) >= 11 is 0. The molecule has 88 valence electrons. The van der Waals surface area contributed by atoms with Gasteiger partial charge in [0, 0.05) is 29.1 Å². The maximum absolute atomic E-state index is 11.8. The molecule has 0 aliphatic heterocycles. The van der Waals surface area contributed by atoms with Crippen molar-refractivity contribution in [1.82, 2.24) is 4.57 Å². The highest BCUT2D eigenvalue weighted by molar-refractivity contribution is 5.74. The Balaban J connectivity index is 2.59. The van der Waals surface area contributed by atoms with Crippen LogP contribution in [-0.2, 0) is 0 Å². The molecular formula is C15H11NO2. The Bertz CT molecular complexity index is 702. The van der Waals surface area contributed by atoms with E-state index in [9.17, 15) is 9.59 Å². The SMILES string of the molecule is CC#Cc1cccc(-n2cc(C=O)ccc2=O)c1. The van der Waals surface area contributed by atoms with Crippen molar-refractivity contribution in [2.24, 2.45) is 0 Å². The zero-order valence-corrected chi connectivity index (χ0v) is 9.88. The lowest BCUT2D eigenvalue weighted by Gasteiger charge is -2.06. The Morgan fingerprint density at radius 1 is 1.22 bits per heavy atom. The van der Waals surface area contributed by atoms with Crippen molar-refractivity contribution in [2.75, 3.05) is 0 Å². The van der Waals surface area contributed by atoms with Crippen LogP contribution in [0.4, 0.5) is 0 Å². The minimum absolute atomic E-state index is 0.179. The largest absolute Gasteiger partial charge is 0.298 e. The number of carbonyl (C=O) groups excluding carboxylic acids is 1. The number of carbonyl (C=O) groups is 1. The second-order valence-corrected chi connectivity index (χ2v) is 3.71. The molecule has 0 unspecified atom stereocenters. The number of nitrogens with zero attached hydrogens (tertiary/aromatic N) is 1. The number of hydrogen-bond acceptors (Lipinski definition) is 2. The number of rotatable bonds is 2. The Kier molecular flexibility index (Phi) is 3.40. The predicted molar refractivity (Wildman–Crippen MR) is 70.0 cm³/mol. The third kappa shape index (κ3) is 2.38. The Morgan fingerprint density at radius 2 is 2.06 bits per heavy atom. The van der Waals surface area contributed by atoms with Crippen molar-refractivity contribution in [2.45, 2.75) is 6.92 Å². The summed E-state index contributed by atoms with van der Waals surface area (Å²) in [5.41, 5.74) is 1.81. The van der Waals surface area contributed by atoms with E-state index in [1.807, 2.05) is 18.2 Å². The number of aromatic nitrogens is 1. The number of pyridine rings is 1. The summed E-state index contributed by atoms with van der Waals surface area (Å²) in [4.78, 5) is 22.5. The number of aldehydes is 1. The van der Waals surface area contributed by atoms with E-state index < -0.39 is 0 Å². The molecule has 0 saturated heterocycles. The Hall–Kier alpha value is -2.60. The molecule has 2 aromatic rings. The molecule has 0 fully saturated rings. The normalized spacial score (nSPS) is 9.39. The van der Waals surface area contributed by atoms with Crippen LogP contribution in [0.15, 0.2) is 47.4 Å². The summed E-state index contributed by atoms with van der Waals surface area (Å²) in [6.45, 7) is 1.76. The van der Waals surface area contributed by atoms with Gasteiger partial charge >= 0.3 is 0 Å². The second-order valence-electron chi connectivity index (χ2n) is 3.71. The molecule has 18 heavy (non-hydrogen) atoms. The van der Waals surface area contributed by atoms with E-state index in [-0.39, 0.29) is 5.56 Å². The topological polar surface area (TPSA) is 39.1 Å². The molecule has 3 nitrogen and oxygen atoms in total. The minimum Gasteiger partial charge on any atom is -0.298 e. The quantitative estimate of drug-likeness (QED) is 0.592. The fraction of sp³-hybridized carbons (Fsp3) is 0.0667. The highest BCUT2D eigenvalue weighted by Gasteiger charge is 2.01. The highest BCUT2D eigenvalue weighted by atomic mass is 16.1. The van der Waals surface area contributed by atoms with Gasteiger partial charge in [-0.15, -0.1) is 5.92 Å². The van der Waals surface area contributed by atoms with E-state index in [2.05, 4.69) is 11.8 Å². The van der Waals surface area contributed by atoms with Crippen LogP contribution in [-0.4, -0.2) is 10.9 Å². The number of benzene rings is 1. The van der Waals surface area contributed by atoms with Crippen LogP contribution in [0.5, 0.6) is 0 Å². The second kappa shape index (κ2) is 5.15. The van der Waals surface area contributed by atoms with Gasteiger partial charge in [-0.2, -0.15) is 0 Å². The molecule has 2 rings (SSSR count). The van der Waals surface area contributed by atoms with Crippen LogP contribution in [0.25, 0.3) is 5.69 Å². The van der Waals surface area contributed by atoms with Crippen molar-refractivity contribution in [1.29, 1.82) is 0 Å². The van der Waals surface area contributed by atoms with Gasteiger partial charge in [-0.3, -0.25) is 14.2 Å². The van der Waals surface area contributed by atoms with Gasteiger partial charge in [0.05, 0.1) is 0 Å². The first-order chi connectivity index (χ1) is 8.74. The summed E-state index contributed by atoms with van der Waals surface area (Å²) in [7, 11) is 0. The maximum Gasteiger partial charge on any atom is 0.255 e. The summed E-state index contributed by atoms with van der Waals surface area (Å²) in [5.74, 6) is 5.74. The summed E-state index contributed by atoms with van der Waals surface area (Å²) < 4.78 is 1.44. The molecule has 0 bridgehead atoms. The lowest BCUT2D eigenvalue weighted by molar-refractivity contribution is 0.112. The van der Waals surface area contributed by atoms with E-state index in [0.717, 1.165) is 5.56 Å². The first kappa shape index (κ1) is 11.9. The van der Waals surface area contributed by atoms with Gasteiger partial charge in [0.25, 0.3) is 5.56 Å². The van der Waals surface area contributed by atoms with E-state index in [1.165, 1.54) is 22.9 Å². The van der Waals surface area contributed by atoms with Crippen molar-refractivity contribution in [3.05, 3.63) is 64.1 Å². The van der Waals surface area contributed by atoms with Crippen LogP contribution >= 0.6 is 0 Å². The predicted octanol–water partition coefficient (Wildman–Crippen LogP) is 2.02. The maximum atomic E-state index is 11.8. The molecule has 0 aliphatic rings. The van der Waals surface area contributed by atoms with E-state index in [4.69, 9.17) is 0 Å². The Morgan fingerprint density at radius 3 is 2.78 bits per heavy atom. The third-order valence-corrected chi connectivity index (χ3v) is 2.46. The number of hydrogen-bond donors (Lipinski definition) is 0. The van der Waals surface area contributed by atoms with Crippen LogP contribution < -0.4 is 5.56 Å². The third-order valence-electron chi connectivity index (χ3n) is 2.46. The lowest BCUT2D eigenvalue weighted by atomic mass is 10.2. The summed E-state index contributed by atoms with van der Waals surface area (Å²) in [6, 6.07) is 10.2. The van der Waals surface area contributed by atoms with Crippen molar-refractivity contribution in [3.63, 3.8) is 0 Å². The van der Waals surface area contributed by atoms with Gasteiger partial charge in [0.1, 0.15) is 0 Å². The van der Waals surface area contributed by atoms with E-state index in [0.29, 0.717) is 17.5 Å². The molecule has 0 spiro atoms. The molecule has 3 heteroatoms.